The van der Waals surface area contributed by atoms with Gasteiger partial charge in [0.2, 0.25) is 0 Å². The predicted octanol–water partition coefficient (Wildman–Crippen LogP) is 1.11. The molecule has 0 amide bonds. The number of anilines is 1. The second-order valence-electron chi connectivity index (χ2n) is 3.87. The zero-order valence-electron chi connectivity index (χ0n) is 9.90. The monoisotopic (exact) mass is 253 g/mol. The number of nitrogens with one attached hydrogen (secondary N) is 1. The average Bonchev–Trinajstić information content (AvgIpc) is 2.23. The highest BCUT2D eigenvalue weighted by Gasteiger charge is 2.06. The van der Waals surface area contributed by atoms with Crippen molar-refractivity contribution in [3.8, 4) is 6.07 Å². The van der Waals surface area contributed by atoms with Gasteiger partial charge in [-0.2, -0.15) is 5.26 Å². The van der Waals surface area contributed by atoms with Crippen molar-refractivity contribution in [1.29, 1.82) is 5.26 Å². The van der Waals surface area contributed by atoms with E-state index in [9.17, 15) is 8.42 Å². The Morgan fingerprint density at radius 1 is 1.53 bits per heavy atom. The molecule has 6 heteroatoms. The maximum absolute atomic E-state index is 10.9. The summed E-state index contributed by atoms with van der Waals surface area (Å²) < 4.78 is 21.8. The normalized spacial score (nSPS) is 10.9. The molecule has 0 atom stereocenters. The Labute approximate surface area is 101 Å². The number of nitrogens with zero attached hydrogens (tertiary/aromatic N) is 2. The molecule has 0 aromatic carbocycles. The molecule has 17 heavy (non-hydrogen) atoms. The first-order chi connectivity index (χ1) is 7.94. The van der Waals surface area contributed by atoms with E-state index in [2.05, 4.69) is 16.4 Å². The maximum atomic E-state index is 10.9. The number of hydrogen-bond donors (Lipinski definition) is 1. The van der Waals surface area contributed by atoms with Crippen LogP contribution in [0.25, 0.3) is 0 Å². The van der Waals surface area contributed by atoms with Crippen LogP contribution in [0.3, 0.4) is 0 Å². The van der Waals surface area contributed by atoms with Crippen LogP contribution in [0.15, 0.2) is 12.3 Å². The third-order valence-corrected chi connectivity index (χ3v) is 3.29. The summed E-state index contributed by atoms with van der Waals surface area (Å²) in [6, 6.07) is 3.84. The topological polar surface area (TPSA) is 82.8 Å². The molecule has 0 aliphatic heterocycles. The summed E-state index contributed by atoms with van der Waals surface area (Å²) >= 11 is 0. The number of hydrogen-bond acceptors (Lipinski definition) is 5. The molecule has 1 N–H and O–H groups in total. The molecule has 0 spiro atoms. The molecule has 0 aliphatic rings. The number of nitriles is 1. The Morgan fingerprint density at radius 3 is 2.82 bits per heavy atom. The minimum atomic E-state index is -2.93. The zero-order valence-corrected chi connectivity index (χ0v) is 10.7. The Morgan fingerprint density at radius 2 is 2.24 bits per heavy atom. The summed E-state index contributed by atoms with van der Waals surface area (Å²) in [5.74, 6) is 0.647. The molecule has 1 heterocycles. The van der Waals surface area contributed by atoms with Crippen molar-refractivity contribution in [3.63, 3.8) is 0 Å². The molecule has 1 rings (SSSR count). The first-order valence-electron chi connectivity index (χ1n) is 5.21. The number of pyridine rings is 1. The van der Waals surface area contributed by atoms with Gasteiger partial charge < -0.3 is 5.32 Å². The largest absolute Gasteiger partial charge is 0.369 e. The molecule has 5 nitrogen and oxygen atoms in total. The molecular weight excluding hydrogens is 238 g/mol. The minimum Gasteiger partial charge on any atom is -0.369 e. The number of aryl methyl sites for hydroxylation is 1. The first kappa shape index (κ1) is 13.5. The molecule has 0 saturated carbocycles. The third-order valence-electron chi connectivity index (χ3n) is 2.26. The van der Waals surface area contributed by atoms with E-state index in [0.717, 1.165) is 5.56 Å². The van der Waals surface area contributed by atoms with Crippen molar-refractivity contribution in [2.75, 3.05) is 23.9 Å². The van der Waals surface area contributed by atoms with E-state index >= 15 is 0 Å². The maximum Gasteiger partial charge on any atom is 0.147 e. The van der Waals surface area contributed by atoms with Crippen molar-refractivity contribution < 1.29 is 8.42 Å². The molecule has 0 aliphatic carbocycles. The van der Waals surface area contributed by atoms with Gasteiger partial charge in [-0.05, 0) is 25.0 Å². The van der Waals surface area contributed by atoms with Crippen LogP contribution in [-0.4, -0.2) is 32.0 Å². The van der Waals surface area contributed by atoms with Crippen LogP contribution in [0, 0.1) is 18.3 Å². The lowest BCUT2D eigenvalue weighted by Gasteiger charge is -2.07. The Kier molecular flexibility index (Phi) is 4.46. The van der Waals surface area contributed by atoms with Gasteiger partial charge in [0.1, 0.15) is 21.7 Å². The smallest absolute Gasteiger partial charge is 0.147 e. The Hall–Kier alpha value is -1.61. The first-order valence-corrected chi connectivity index (χ1v) is 7.27. The SMILES string of the molecule is Cc1ccnc(NCCCS(C)(=O)=O)c1C#N. The Balaban J connectivity index is 2.59. The van der Waals surface area contributed by atoms with E-state index in [0.29, 0.717) is 24.3 Å². The van der Waals surface area contributed by atoms with Gasteiger partial charge >= 0.3 is 0 Å². The summed E-state index contributed by atoms with van der Waals surface area (Å²) in [6.07, 6.45) is 3.33. The fourth-order valence-corrected chi connectivity index (χ4v) is 2.04. The minimum absolute atomic E-state index is 0.133. The quantitative estimate of drug-likeness (QED) is 0.795. The number of aromatic nitrogens is 1. The van der Waals surface area contributed by atoms with Gasteiger partial charge in [0.25, 0.3) is 0 Å². The van der Waals surface area contributed by atoms with E-state index in [1.54, 1.807) is 12.3 Å². The number of sulfone groups is 1. The molecule has 1 aromatic rings. The highest BCUT2D eigenvalue weighted by atomic mass is 32.2. The van der Waals surface area contributed by atoms with Crippen LogP contribution in [0.4, 0.5) is 5.82 Å². The van der Waals surface area contributed by atoms with Crippen LogP contribution in [0.1, 0.15) is 17.5 Å². The summed E-state index contributed by atoms with van der Waals surface area (Å²) in [6.45, 7) is 2.32. The van der Waals surface area contributed by atoms with Gasteiger partial charge in [-0.25, -0.2) is 13.4 Å². The van der Waals surface area contributed by atoms with E-state index in [1.165, 1.54) is 6.26 Å². The lowest BCUT2D eigenvalue weighted by molar-refractivity contribution is 0.600. The fraction of sp³-hybridized carbons (Fsp3) is 0.455. The van der Waals surface area contributed by atoms with Crippen molar-refractivity contribution in [2.45, 2.75) is 13.3 Å². The molecule has 0 fully saturated rings. The second-order valence-corrected chi connectivity index (χ2v) is 6.13. The van der Waals surface area contributed by atoms with E-state index < -0.39 is 9.84 Å². The third kappa shape index (κ3) is 4.41. The summed E-state index contributed by atoms with van der Waals surface area (Å²) in [7, 11) is -2.93. The molecule has 1 aromatic heterocycles. The second kappa shape index (κ2) is 5.64. The van der Waals surface area contributed by atoms with Crippen molar-refractivity contribution >= 4 is 15.7 Å². The van der Waals surface area contributed by atoms with Crippen molar-refractivity contribution in [3.05, 3.63) is 23.4 Å². The average molecular weight is 253 g/mol. The van der Waals surface area contributed by atoms with Crippen LogP contribution < -0.4 is 5.32 Å². The van der Waals surface area contributed by atoms with E-state index in [4.69, 9.17) is 5.26 Å². The van der Waals surface area contributed by atoms with Gasteiger partial charge in [0.15, 0.2) is 0 Å². The van der Waals surface area contributed by atoms with Gasteiger partial charge in [-0.1, -0.05) is 0 Å². The molecule has 0 unspecified atom stereocenters. The molecule has 0 radical (unpaired) electrons. The fourth-order valence-electron chi connectivity index (χ4n) is 1.37. The van der Waals surface area contributed by atoms with Gasteiger partial charge in [-0.15, -0.1) is 0 Å². The predicted molar refractivity (Wildman–Crippen MR) is 66.5 cm³/mol. The Bertz CT molecular complexity index is 532. The van der Waals surface area contributed by atoms with Crippen LogP contribution >= 0.6 is 0 Å². The lowest BCUT2D eigenvalue weighted by atomic mass is 10.1. The van der Waals surface area contributed by atoms with E-state index in [-0.39, 0.29) is 5.75 Å². The standard InChI is InChI=1S/C11H15N3O2S/c1-9-4-6-14-11(10(9)8-12)13-5-3-7-17(2,15)16/h4,6H,3,5,7H2,1-2H3,(H,13,14). The highest BCUT2D eigenvalue weighted by molar-refractivity contribution is 7.90. The summed E-state index contributed by atoms with van der Waals surface area (Å²) in [5, 5.41) is 11.9. The van der Waals surface area contributed by atoms with Crippen LogP contribution in [-0.2, 0) is 9.84 Å². The highest BCUT2D eigenvalue weighted by Crippen LogP contribution is 2.14. The van der Waals surface area contributed by atoms with Crippen molar-refractivity contribution in [2.24, 2.45) is 0 Å². The molecule has 92 valence electrons. The lowest BCUT2D eigenvalue weighted by Crippen LogP contribution is -2.11. The van der Waals surface area contributed by atoms with Crippen LogP contribution in [0.5, 0.6) is 0 Å². The van der Waals surface area contributed by atoms with Crippen LogP contribution in [0.2, 0.25) is 0 Å². The molecule has 0 saturated heterocycles. The van der Waals surface area contributed by atoms with E-state index in [1.807, 2.05) is 6.92 Å². The summed E-state index contributed by atoms with van der Waals surface area (Å²) in [5.41, 5.74) is 1.36. The zero-order chi connectivity index (χ0) is 12.9. The summed E-state index contributed by atoms with van der Waals surface area (Å²) in [4.78, 5) is 4.06. The molecule has 0 bridgehead atoms. The van der Waals surface area contributed by atoms with Gasteiger partial charge in [-0.3, -0.25) is 0 Å². The van der Waals surface area contributed by atoms with Crippen molar-refractivity contribution in [1.82, 2.24) is 4.98 Å². The number of rotatable bonds is 5. The van der Waals surface area contributed by atoms with Gasteiger partial charge in [0.05, 0.1) is 11.3 Å². The van der Waals surface area contributed by atoms with Gasteiger partial charge in [0, 0.05) is 19.0 Å². The molecular formula is C11H15N3O2S.